The van der Waals surface area contributed by atoms with Crippen LogP contribution >= 0.6 is 0 Å². The summed E-state index contributed by atoms with van der Waals surface area (Å²) in [6.45, 7) is 0.978. The van der Waals surface area contributed by atoms with Gasteiger partial charge in [0.25, 0.3) is 5.56 Å². The quantitative estimate of drug-likeness (QED) is 0.476. The van der Waals surface area contributed by atoms with Crippen LogP contribution in [0.1, 0.15) is 28.4 Å². The van der Waals surface area contributed by atoms with Gasteiger partial charge in [0.2, 0.25) is 0 Å². The van der Waals surface area contributed by atoms with Crippen LogP contribution in [0.4, 0.5) is 0 Å². The molecule has 1 aromatic carbocycles. The first kappa shape index (κ1) is 14.9. The Labute approximate surface area is 152 Å². The van der Waals surface area contributed by atoms with Crippen molar-refractivity contribution in [1.29, 1.82) is 0 Å². The molecule has 27 heavy (non-hydrogen) atoms. The smallest absolute Gasteiger partial charge is 0.340 e. The van der Waals surface area contributed by atoms with Crippen LogP contribution in [0.15, 0.2) is 29.1 Å². The van der Waals surface area contributed by atoms with Gasteiger partial charge in [-0.05, 0) is 29.8 Å². The Kier molecular flexibility index (Phi) is 2.74. The summed E-state index contributed by atoms with van der Waals surface area (Å²) in [6.07, 6.45) is -0.570. The number of carbonyl (C=O) groups excluding carboxylic acids is 1. The third-order valence-electron chi connectivity index (χ3n) is 5.59. The van der Waals surface area contributed by atoms with Gasteiger partial charge in [-0.1, -0.05) is 0 Å². The van der Waals surface area contributed by atoms with Crippen molar-refractivity contribution < 1.29 is 19.4 Å². The fraction of sp³-hybridized carbons (Fsp3) is 0.250. The number of benzene rings is 1. The van der Waals surface area contributed by atoms with Crippen LogP contribution in [0.25, 0.3) is 22.3 Å². The van der Waals surface area contributed by atoms with Crippen LogP contribution in [0.3, 0.4) is 0 Å². The number of hydrogen-bond acceptors (Lipinski definition) is 6. The van der Waals surface area contributed by atoms with Crippen molar-refractivity contribution in [3.63, 3.8) is 0 Å². The van der Waals surface area contributed by atoms with Gasteiger partial charge in [-0.3, -0.25) is 4.79 Å². The molecule has 0 bridgehead atoms. The van der Waals surface area contributed by atoms with E-state index in [-0.39, 0.29) is 12.2 Å². The lowest BCUT2D eigenvalue weighted by Gasteiger charge is -2.21. The minimum atomic E-state index is -1.43. The van der Waals surface area contributed by atoms with E-state index in [4.69, 9.17) is 14.5 Å². The summed E-state index contributed by atoms with van der Waals surface area (Å²) in [7, 11) is 0. The van der Waals surface area contributed by atoms with E-state index in [1.807, 2.05) is 18.2 Å². The second-order valence-electron chi connectivity index (χ2n) is 7.11. The summed E-state index contributed by atoms with van der Waals surface area (Å²) in [4.78, 5) is 29.4. The summed E-state index contributed by atoms with van der Waals surface area (Å²) in [6, 6.07) is 7.76. The second kappa shape index (κ2) is 4.95. The van der Waals surface area contributed by atoms with Gasteiger partial charge in [0.15, 0.2) is 6.10 Å². The normalized spacial score (nSPS) is 19.1. The summed E-state index contributed by atoms with van der Waals surface area (Å²) in [5.41, 5.74) is 4.65. The third kappa shape index (κ3) is 1.92. The number of fused-ring (bicyclic) bond motifs is 6. The highest BCUT2D eigenvalue weighted by Gasteiger charge is 2.33. The maximum absolute atomic E-state index is 12.9. The standard InChI is InChI=1S/C20H14N2O5/c23-18-12-6-15-17-11(7-22(15)19(24)13(12)8-27-20(18)25)3-10-5-16-9(1-2-26-16)4-14(10)21-17/h3-6,18,23H,1-2,7-8H2. The van der Waals surface area contributed by atoms with Crippen LogP contribution in [-0.4, -0.2) is 27.2 Å². The Morgan fingerprint density at radius 2 is 2.00 bits per heavy atom. The molecule has 0 saturated heterocycles. The fourth-order valence-electron chi connectivity index (χ4n) is 4.20. The van der Waals surface area contributed by atoms with Crippen molar-refractivity contribution in [2.45, 2.75) is 25.7 Å². The zero-order valence-electron chi connectivity index (χ0n) is 14.2. The predicted molar refractivity (Wildman–Crippen MR) is 94.5 cm³/mol. The number of aromatic nitrogens is 2. The topological polar surface area (TPSA) is 90.7 Å². The lowest BCUT2D eigenvalue weighted by molar-refractivity contribution is -0.157. The molecule has 3 aliphatic rings. The van der Waals surface area contributed by atoms with Gasteiger partial charge in [0, 0.05) is 22.9 Å². The number of aliphatic hydroxyl groups is 1. The Morgan fingerprint density at radius 3 is 2.89 bits per heavy atom. The van der Waals surface area contributed by atoms with E-state index in [9.17, 15) is 14.7 Å². The molecule has 7 heteroatoms. The lowest BCUT2D eigenvalue weighted by atomic mass is 10.0. The molecule has 1 unspecified atom stereocenters. The van der Waals surface area contributed by atoms with Crippen molar-refractivity contribution in [2.24, 2.45) is 0 Å². The largest absolute Gasteiger partial charge is 0.493 e. The summed E-state index contributed by atoms with van der Waals surface area (Å²) < 4.78 is 12.2. The highest BCUT2D eigenvalue weighted by atomic mass is 16.5. The summed E-state index contributed by atoms with van der Waals surface area (Å²) in [5.74, 6) is 0.165. The van der Waals surface area contributed by atoms with E-state index in [2.05, 4.69) is 0 Å². The molecule has 0 radical (unpaired) electrons. The molecule has 134 valence electrons. The van der Waals surface area contributed by atoms with Crippen molar-refractivity contribution in [3.05, 3.63) is 56.9 Å². The third-order valence-corrected chi connectivity index (χ3v) is 5.59. The van der Waals surface area contributed by atoms with E-state index in [0.717, 1.165) is 34.2 Å². The maximum Gasteiger partial charge on any atom is 0.340 e. The Balaban J connectivity index is 1.60. The van der Waals surface area contributed by atoms with Crippen molar-refractivity contribution in [3.8, 4) is 17.1 Å². The zero-order chi connectivity index (χ0) is 18.3. The number of nitrogens with zero attached hydrogens (tertiary/aromatic N) is 2. The number of carbonyl (C=O) groups is 1. The number of ether oxygens (including phenoxy) is 2. The molecule has 2 aromatic heterocycles. The van der Waals surface area contributed by atoms with Gasteiger partial charge >= 0.3 is 5.97 Å². The molecular formula is C20H14N2O5. The van der Waals surface area contributed by atoms with E-state index in [1.54, 1.807) is 10.6 Å². The van der Waals surface area contributed by atoms with E-state index in [0.29, 0.717) is 35.7 Å². The Hall–Kier alpha value is -3.19. The van der Waals surface area contributed by atoms with Crippen molar-refractivity contribution >= 4 is 16.9 Å². The van der Waals surface area contributed by atoms with Gasteiger partial charge in [0.1, 0.15) is 12.4 Å². The lowest BCUT2D eigenvalue weighted by Crippen LogP contribution is -2.32. The molecule has 0 amide bonds. The molecular weight excluding hydrogens is 348 g/mol. The van der Waals surface area contributed by atoms with E-state index >= 15 is 0 Å². The molecule has 3 aromatic rings. The number of hydrogen-bond donors (Lipinski definition) is 1. The van der Waals surface area contributed by atoms with Gasteiger partial charge in [-0.25, -0.2) is 9.78 Å². The number of aliphatic hydroxyl groups excluding tert-OH is 1. The zero-order valence-corrected chi connectivity index (χ0v) is 14.2. The molecule has 3 aliphatic heterocycles. The molecule has 5 heterocycles. The minimum absolute atomic E-state index is 0.111. The average molecular weight is 362 g/mol. The van der Waals surface area contributed by atoms with Crippen molar-refractivity contribution in [2.75, 3.05) is 6.61 Å². The first-order valence-electron chi connectivity index (χ1n) is 8.81. The van der Waals surface area contributed by atoms with E-state index in [1.165, 1.54) is 0 Å². The molecule has 1 N–H and O–H groups in total. The van der Waals surface area contributed by atoms with E-state index < -0.39 is 12.1 Å². The molecule has 7 nitrogen and oxygen atoms in total. The highest BCUT2D eigenvalue weighted by molar-refractivity contribution is 5.87. The van der Waals surface area contributed by atoms with Gasteiger partial charge in [0.05, 0.1) is 35.6 Å². The van der Waals surface area contributed by atoms with Crippen LogP contribution < -0.4 is 10.3 Å². The van der Waals surface area contributed by atoms with Crippen LogP contribution in [0.2, 0.25) is 0 Å². The highest BCUT2D eigenvalue weighted by Crippen LogP contribution is 2.37. The number of rotatable bonds is 0. The molecule has 1 atom stereocenters. The molecule has 0 spiro atoms. The second-order valence-corrected chi connectivity index (χ2v) is 7.11. The average Bonchev–Trinajstić information content (AvgIpc) is 3.25. The molecule has 0 saturated carbocycles. The minimum Gasteiger partial charge on any atom is -0.493 e. The summed E-state index contributed by atoms with van der Waals surface area (Å²) in [5, 5.41) is 11.1. The van der Waals surface area contributed by atoms with Gasteiger partial charge in [-0.15, -0.1) is 0 Å². The van der Waals surface area contributed by atoms with Crippen LogP contribution in [0, 0.1) is 0 Å². The Morgan fingerprint density at radius 1 is 1.11 bits per heavy atom. The molecule has 6 rings (SSSR count). The van der Waals surface area contributed by atoms with Gasteiger partial charge in [-0.2, -0.15) is 0 Å². The summed E-state index contributed by atoms with van der Waals surface area (Å²) >= 11 is 0. The maximum atomic E-state index is 12.9. The fourth-order valence-corrected chi connectivity index (χ4v) is 4.20. The van der Waals surface area contributed by atoms with Crippen molar-refractivity contribution in [1.82, 2.24) is 9.55 Å². The monoisotopic (exact) mass is 362 g/mol. The predicted octanol–water partition coefficient (Wildman–Crippen LogP) is 1.45. The van der Waals surface area contributed by atoms with Crippen LogP contribution in [-0.2, 0) is 29.1 Å². The molecule has 0 aliphatic carbocycles. The van der Waals surface area contributed by atoms with Crippen LogP contribution in [0.5, 0.6) is 5.75 Å². The SMILES string of the molecule is O=C1OCc2c(cc3n(c2=O)Cc2cc4cc5c(cc4nc2-3)CCO5)C1O. The Bertz CT molecular complexity index is 1240. The first-order chi connectivity index (χ1) is 13.1. The number of pyridine rings is 2. The molecule has 0 fully saturated rings. The van der Waals surface area contributed by atoms with Gasteiger partial charge < -0.3 is 19.1 Å². The first-order valence-corrected chi connectivity index (χ1v) is 8.81. The number of cyclic esters (lactones) is 1. The number of esters is 1.